The van der Waals surface area contributed by atoms with E-state index in [4.69, 9.17) is 5.73 Å². The molecule has 2 heterocycles. The molecule has 10 heteroatoms. The quantitative estimate of drug-likeness (QED) is 0.556. The van der Waals surface area contributed by atoms with Crippen LogP contribution in [-0.2, 0) is 16.1 Å². The van der Waals surface area contributed by atoms with Crippen molar-refractivity contribution >= 4 is 48.0 Å². The molecule has 0 spiro atoms. The highest BCUT2D eigenvalue weighted by Crippen LogP contribution is 2.19. The van der Waals surface area contributed by atoms with Crippen LogP contribution >= 0.6 is 36.2 Å². The number of thiazole rings is 1. The highest BCUT2D eigenvalue weighted by Gasteiger charge is 2.21. The molecule has 0 radical (unpaired) electrons. The number of carbonyl (C=O) groups excluding carboxylic acids is 2. The van der Waals surface area contributed by atoms with Crippen molar-refractivity contribution in [2.75, 3.05) is 26.2 Å². The number of aryl methyl sites for hydroxylation is 1. The van der Waals surface area contributed by atoms with Crippen molar-refractivity contribution in [2.45, 2.75) is 46.2 Å². The van der Waals surface area contributed by atoms with Gasteiger partial charge in [0, 0.05) is 18.5 Å². The van der Waals surface area contributed by atoms with E-state index in [2.05, 4.69) is 25.9 Å². The molecule has 0 unspecified atom stereocenters. The monoisotopic (exact) mass is 453 g/mol. The molecule has 1 aliphatic heterocycles. The average molecular weight is 454 g/mol. The number of hydrogen-bond donors (Lipinski definition) is 3. The van der Waals surface area contributed by atoms with Crippen LogP contribution in [-0.4, -0.2) is 53.9 Å². The number of rotatable bonds is 8. The number of carbonyl (C=O) groups is 2. The maximum Gasteiger partial charge on any atom is 0.239 e. The zero-order chi connectivity index (χ0) is 19.1. The van der Waals surface area contributed by atoms with Crippen molar-refractivity contribution in [3.63, 3.8) is 0 Å². The second kappa shape index (κ2) is 13.3. The zero-order valence-corrected chi connectivity index (χ0v) is 19.2. The fraction of sp³-hybridized carbons (Fsp3) is 0.722. The van der Waals surface area contributed by atoms with Crippen LogP contribution in [0, 0.1) is 18.8 Å². The minimum atomic E-state index is -0.575. The summed E-state index contributed by atoms with van der Waals surface area (Å²) in [5.74, 6) is 0.104. The summed E-state index contributed by atoms with van der Waals surface area (Å²) in [6.07, 6.45) is 2.13. The minimum absolute atomic E-state index is 0. The van der Waals surface area contributed by atoms with Crippen LogP contribution in [0.4, 0.5) is 0 Å². The Kier molecular flexibility index (Phi) is 12.9. The van der Waals surface area contributed by atoms with Gasteiger partial charge in [0.1, 0.15) is 0 Å². The predicted molar refractivity (Wildman–Crippen MR) is 118 cm³/mol. The first kappa shape index (κ1) is 27.1. The predicted octanol–water partition coefficient (Wildman–Crippen LogP) is 1.72. The van der Waals surface area contributed by atoms with Gasteiger partial charge in [0.05, 0.1) is 23.3 Å². The van der Waals surface area contributed by atoms with E-state index in [-0.39, 0.29) is 49.1 Å². The van der Waals surface area contributed by atoms with Gasteiger partial charge >= 0.3 is 0 Å². The van der Waals surface area contributed by atoms with Crippen molar-refractivity contribution < 1.29 is 9.59 Å². The summed E-state index contributed by atoms with van der Waals surface area (Å²) >= 11 is 1.69. The Morgan fingerprint density at radius 2 is 1.93 bits per heavy atom. The van der Waals surface area contributed by atoms with Gasteiger partial charge < -0.3 is 16.4 Å². The Balaban J connectivity index is 0.00000364. The first-order chi connectivity index (χ1) is 12.3. The number of hydrogen-bond acceptors (Lipinski definition) is 6. The molecule has 2 amide bonds. The van der Waals surface area contributed by atoms with Crippen LogP contribution in [0.3, 0.4) is 0 Å². The van der Waals surface area contributed by atoms with E-state index < -0.39 is 6.04 Å². The fourth-order valence-corrected chi connectivity index (χ4v) is 3.57. The Hall–Kier alpha value is -0.930. The summed E-state index contributed by atoms with van der Waals surface area (Å²) < 4.78 is 0. The molecule has 28 heavy (non-hydrogen) atoms. The van der Waals surface area contributed by atoms with Gasteiger partial charge in [0.2, 0.25) is 11.8 Å². The number of halogens is 2. The summed E-state index contributed by atoms with van der Waals surface area (Å²) in [4.78, 5) is 30.6. The highest BCUT2D eigenvalue weighted by molar-refractivity contribution is 7.09. The maximum absolute atomic E-state index is 11.9. The fourth-order valence-electron chi connectivity index (χ4n) is 2.97. The second-order valence-electron chi connectivity index (χ2n) is 7.37. The first-order valence-electron chi connectivity index (χ1n) is 9.28. The molecule has 1 aromatic heterocycles. The number of nitrogens with two attached hydrogens (primary N) is 1. The van der Waals surface area contributed by atoms with Gasteiger partial charge in [-0.15, -0.1) is 36.2 Å². The van der Waals surface area contributed by atoms with E-state index in [1.54, 1.807) is 11.3 Å². The van der Waals surface area contributed by atoms with Gasteiger partial charge in [-0.1, -0.05) is 13.8 Å². The maximum atomic E-state index is 11.9. The van der Waals surface area contributed by atoms with Gasteiger partial charge in [-0.2, -0.15) is 0 Å². The van der Waals surface area contributed by atoms with E-state index in [9.17, 15) is 9.59 Å². The van der Waals surface area contributed by atoms with Crippen LogP contribution in [0.25, 0.3) is 0 Å². The van der Waals surface area contributed by atoms with Crippen molar-refractivity contribution in [1.82, 2.24) is 20.5 Å². The number of nitrogens with one attached hydrogen (secondary N) is 2. The van der Waals surface area contributed by atoms with Crippen LogP contribution < -0.4 is 16.4 Å². The number of aromatic nitrogens is 1. The molecule has 162 valence electrons. The molecule has 0 saturated carbocycles. The number of likely N-dealkylation sites (tertiary alicyclic amines) is 1. The number of piperidine rings is 1. The third-order valence-electron chi connectivity index (χ3n) is 4.79. The second-order valence-corrected chi connectivity index (χ2v) is 8.43. The molecule has 2 rings (SSSR count). The smallest absolute Gasteiger partial charge is 0.239 e. The molecule has 0 aliphatic carbocycles. The largest absolute Gasteiger partial charge is 0.354 e. The van der Waals surface area contributed by atoms with E-state index >= 15 is 0 Å². The van der Waals surface area contributed by atoms with Crippen molar-refractivity contribution in [1.29, 1.82) is 0 Å². The molecule has 1 aliphatic rings. The summed E-state index contributed by atoms with van der Waals surface area (Å²) in [7, 11) is 0. The Labute approximate surface area is 184 Å². The summed E-state index contributed by atoms with van der Waals surface area (Å²) in [6, 6.07) is -0.575. The lowest BCUT2D eigenvalue weighted by Gasteiger charge is -2.31. The highest BCUT2D eigenvalue weighted by atomic mass is 35.5. The van der Waals surface area contributed by atoms with Crippen LogP contribution in [0.1, 0.15) is 37.4 Å². The van der Waals surface area contributed by atoms with Crippen LogP contribution in [0.5, 0.6) is 0 Å². The van der Waals surface area contributed by atoms with E-state index in [0.29, 0.717) is 12.5 Å². The van der Waals surface area contributed by atoms with Crippen molar-refractivity contribution in [2.24, 2.45) is 17.6 Å². The lowest BCUT2D eigenvalue weighted by atomic mass is 9.96. The van der Waals surface area contributed by atoms with Gasteiger partial charge in [-0.25, -0.2) is 4.98 Å². The van der Waals surface area contributed by atoms with Crippen LogP contribution in [0.2, 0.25) is 0 Å². The molecule has 1 saturated heterocycles. The molecule has 0 aromatic carbocycles. The van der Waals surface area contributed by atoms with E-state index in [1.807, 2.05) is 20.8 Å². The number of nitrogens with zero attached hydrogens (tertiary/aromatic N) is 2. The van der Waals surface area contributed by atoms with Crippen molar-refractivity contribution in [3.05, 3.63) is 16.1 Å². The van der Waals surface area contributed by atoms with E-state index in [1.165, 1.54) is 0 Å². The topological polar surface area (TPSA) is 100 Å². The molecule has 1 atom stereocenters. The lowest BCUT2D eigenvalue weighted by Crippen LogP contribution is -2.47. The first-order valence-corrected chi connectivity index (χ1v) is 10.2. The normalized spacial score (nSPS) is 16.0. The SMILES string of the molecule is Cc1nc(CN2CCC(CNC(=O)CNC(=O)[C@@H](N)C(C)C)CC2)cs1.Cl.Cl. The van der Waals surface area contributed by atoms with Gasteiger partial charge in [-0.3, -0.25) is 14.5 Å². The number of amides is 2. The Morgan fingerprint density at radius 1 is 1.29 bits per heavy atom. The molecular weight excluding hydrogens is 421 g/mol. The van der Waals surface area contributed by atoms with Gasteiger partial charge in [0.15, 0.2) is 0 Å². The molecule has 4 N–H and O–H groups in total. The molecule has 0 bridgehead atoms. The minimum Gasteiger partial charge on any atom is -0.354 e. The van der Waals surface area contributed by atoms with E-state index in [0.717, 1.165) is 43.2 Å². The molecule has 1 fully saturated rings. The Bertz CT molecular complexity index is 607. The van der Waals surface area contributed by atoms with Gasteiger partial charge in [-0.05, 0) is 44.7 Å². The zero-order valence-electron chi connectivity index (χ0n) is 16.8. The third-order valence-corrected chi connectivity index (χ3v) is 5.61. The van der Waals surface area contributed by atoms with Crippen LogP contribution in [0.15, 0.2) is 5.38 Å². The molecule has 7 nitrogen and oxygen atoms in total. The van der Waals surface area contributed by atoms with Gasteiger partial charge in [0.25, 0.3) is 0 Å². The Morgan fingerprint density at radius 3 is 2.46 bits per heavy atom. The lowest BCUT2D eigenvalue weighted by molar-refractivity contribution is -0.127. The summed E-state index contributed by atoms with van der Waals surface area (Å²) in [6.45, 7) is 9.40. The molecular formula is C18H33Cl2N5O2S. The summed E-state index contributed by atoms with van der Waals surface area (Å²) in [5.41, 5.74) is 6.90. The third kappa shape index (κ3) is 9.05. The summed E-state index contributed by atoms with van der Waals surface area (Å²) in [5, 5.41) is 8.75. The van der Waals surface area contributed by atoms with Crippen molar-refractivity contribution in [3.8, 4) is 0 Å². The average Bonchev–Trinajstić information content (AvgIpc) is 3.03. The standard InChI is InChI=1S/C18H31N5O2S.2ClH/c1-12(2)17(19)18(25)21-9-16(24)20-8-14-4-6-23(7-5-14)10-15-11-26-13(3)22-15;;/h11-12,14,17H,4-10,19H2,1-3H3,(H,20,24)(H,21,25);2*1H/t17-;;/m0../s1. The molecule has 1 aromatic rings.